The van der Waals surface area contributed by atoms with Crippen molar-refractivity contribution >= 4 is 5.97 Å². The molecule has 0 aromatic heterocycles. The summed E-state index contributed by atoms with van der Waals surface area (Å²) < 4.78 is 0. The van der Waals surface area contributed by atoms with Gasteiger partial charge in [0.05, 0.1) is 6.10 Å². The van der Waals surface area contributed by atoms with Crippen molar-refractivity contribution in [3.8, 4) is 0 Å². The predicted molar refractivity (Wildman–Crippen MR) is 75.5 cm³/mol. The molecule has 0 heterocycles. The highest BCUT2D eigenvalue weighted by Crippen LogP contribution is 2.17. The highest BCUT2D eigenvalue weighted by Gasteiger charge is 2.19. The van der Waals surface area contributed by atoms with Crippen molar-refractivity contribution in [1.29, 1.82) is 0 Å². The average Bonchev–Trinajstić information content (AvgIpc) is 2.27. The molecule has 0 bridgehead atoms. The standard InChI is InChI=1S/C8H16O2.C6H15NO/c1-2-3-4-5-6-7-8(9)10;1-6(2,3)5(8)4-7/h2-7H2,1H3,(H,9,10);5,8H,4,7H2,1-3H3. The fraction of sp³-hybridized carbons (Fsp3) is 0.929. The van der Waals surface area contributed by atoms with Gasteiger partial charge in [0.25, 0.3) is 0 Å². The summed E-state index contributed by atoms with van der Waals surface area (Å²) in [4.78, 5) is 10.0. The van der Waals surface area contributed by atoms with Crippen LogP contribution in [0.1, 0.15) is 66.2 Å². The molecule has 0 aromatic carbocycles. The number of nitrogens with two attached hydrogens (primary N) is 1. The van der Waals surface area contributed by atoms with E-state index < -0.39 is 5.97 Å². The van der Waals surface area contributed by atoms with Gasteiger partial charge in [-0.2, -0.15) is 0 Å². The Bertz CT molecular complexity index is 200. The second kappa shape index (κ2) is 11.5. The quantitative estimate of drug-likeness (QED) is 0.615. The normalized spacial score (nSPS) is 12.6. The molecule has 0 spiro atoms. The van der Waals surface area contributed by atoms with E-state index in [4.69, 9.17) is 15.9 Å². The molecule has 0 fully saturated rings. The second-order valence-electron chi connectivity index (χ2n) is 5.68. The van der Waals surface area contributed by atoms with Crippen molar-refractivity contribution in [3.05, 3.63) is 0 Å². The number of hydrogen-bond donors (Lipinski definition) is 3. The number of aliphatic carboxylic acids is 1. The van der Waals surface area contributed by atoms with Crippen LogP contribution in [0.3, 0.4) is 0 Å². The van der Waals surface area contributed by atoms with Crippen LogP contribution in [-0.4, -0.2) is 28.8 Å². The summed E-state index contributed by atoms with van der Waals surface area (Å²) in [6.07, 6.45) is 5.51. The Morgan fingerprint density at radius 2 is 1.67 bits per heavy atom. The van der Waals surface area contributed by atoms with E-state index >= 15 is 0 Å². The summed E-state index contributed by atoms with van der Waals surface area (Å²) in [7, 11) is 0. The Kier molecular flexibility index (Phi) is 12.6. The van der Waals surface area contributed by atoms with Crippen molar-refractivity contribution < 1.29 is 15.0 Å². The topological polar surface area (TPSA) is 83.5 Å². The number of unbranched alkanes of at least 4 members (excludes halogenated alkanes) is 4. The van der Waals surface area contributed by atoms with E-state index in [1.807, 2.05) is 20.8 Å². The van der Waals surface area contributed by atoms with Gasteiger partial charge in [-0.3, -0.25) is 4.79 Å². The zero-order valence-corrected chi connectivity index (χ0v) is 12.4. The Hall–Kier alpha value is -0.610. The minimum Gasteiger partial charge on any atom is -0.481 e. The van der Waals surface area contributed by atoms with E-state index in [9.17, 15) is 4.79 Å². The van der Waals surface area contributed by atoms with E-state index in [1.54, 1.807) is 0 Å². The number of carboxylic acids is 1. The summed E-state index contributed by atoms with van der Waals surface area (Å²) in [5.41, 5.74) is 5.15. The summed E-state index contributed by atoms with van der Waals surface area (Å²) in [5, 5.41) is 17.3. The third-order valence-electron chi connectivity index (χ3n) is 2.72. The van der Waals surface area contributed by atoms with Gasteiger partial charge >= 0.3 is 5.97 Å². The largest absolute Gasteiger partial charge is 0.481 e. The highest BCUT2D eigenvalue weighted by molar-refractivity contribution is 5.66. The number of aliphatic hydroxyl groups excluding tert-OH is 1. The van der Waals surface area contributed by atoms with Crippen LogP contribution in [-0.2, 0) is 4.79 Å². The van der Waals surface area contributed by atoms with Gasteiger partial charge < -0.3 is 15.9 Å². The van der Waals surface area contributed by atoms with Crippen molar-refractivity contribution in [3.63, 3.8) is 0 Å². The molecule has 0 saturated carbocycles. The van der Waals surface area contributed by atoms with Gasteiger partial charge in [0.1, 0.15) is 0 Å². The molecular formula is C14H31NO3. The maximum Gasteiger partial charge on any atom is 0.303 e. The molecule has 4 nitrogen and oxygen atoms in total. The third-order valence-corrected chi connectivity index (χ3v) is 2.72. The zero-order valence-electron chi connectivity index (χ0n) is 12.4. The molecular weight excluding hydrogens is 230 g/mol. The Morgan fingerprint density at radius 3 is 1.94 bits per heavy atom. The highest BCUT2D eigenvalue weighted by atomic mass is 16.4. The summed E-state index contributed by atoms with van der Waals surface area (Å²) in [6.45, 7) is 8.39. The Labute approximate surface area is 112 Å². The van der Waals surface area contributed by atoms with Gasteiger partial charge in [-0.1, -0.05) is 53.4 Å². The molecule has 0 amide bonds. The van der Waals surface area contributed by atoms with Gasteiger partial charge in [-0.25, -0.2) is 0 Å². The lowest BCUT2D eigenvalue weighted by atomic mass is 9.89. The van der Waals surface area contributed by atoms with Crippen molar-refractivity contribution in [2.45, 2.75) is 72.3 Å². The van der Waals surface area contributed by atoms with Crippen LogP contribution in [0.5, 0.6) is 0 Å². The molecule has 0 aliphatic heterocycles. The fourth-order valence-corrected chi connectivity index (χ4v) is 1.23. The Balaban J connectivity index is 0. The molecule has 1 atom stereocenters. The van der Waals surface area contributed by atoms with Gasteiger partial charge in [0, 0.05) is 13.0 Å². The molecule has 0 radical (unpaired) electrons. The van der Waals surface area contributed by atoms with Crippen LogP contribution in [0.15, 0.2) is 0 Å². The van der Waals surface area contributed by atoms with Crippen LogP contribution >= 0.6 is 0 Å². The number of carbonyl (C=O) groups is 1. The van der Waals surface area contributed by atoms with Gasteiger partial charge in [0.15, 0.2) is 0 Å². The molecule has 0 aliphatic carbocycles. The molecule has 4 heteroatoms. The van der Waals surface area contributed by atoms with Gasteiger partial charge in [-0.15, -0.1) is 0 Å². The van der Waals surface area contributed by atoms with Crippen LogP contribution in [0.4, 0.5) is 0 Å². The van der Waals surface area contributed by atoms with E-state index in [2.05, 4.69) is 6.92 Å². The molecule has 110 valence electrons. The lowest BCUT2D eigenvalue weighted by molar-refractivity contribution is -0.137. The summed E-state index contributed by atoms with van der Waals surface area (Å²) in [5.74, 6) is -0.670. The van der Waals surface area contributed by atoms with E-state index in [0.29, 0.717) is 13.0 Å². The van der Waals surface area contributed by atoms with Crippen LogP contribution in [0, 0.1) is 5.41 Å². The van der Waals surface area contributed by atoms with Crippen molar-refractivity contribution in [2.24, 2.45) is 11.1 Å². The Morgan fingerprint density at radius 1 is 1.17 bits per heavy atom. The summed E-state index contributed by atoms with van der Waals surface area (Å²) in [6, 6.07) is 0. The minimum atomic E-state index is -0.670. The number of rotatable bonds is 7. The first kappa shape index (κ1) is 19.7. The first-order valence-corrected chi connectivity index (χ1v) is 6.85. The SMILES string of the molecule is CC(C)(C)C(O)CN.CCCCCCCC(=O)O. The van der Waals surface area contributed by atoms with Crippen molar-refractivity contribution in [2.75, 3.05) is 6.54 Å². The molecule has 0 saturated heterocycles. The number of hydrogen-bond acceptors (Lipinski definition) is 3. The molecule has 18 heavy (non-hydrogen) atoms. The molecule has 1 unspecified atom stereocenters. The van der Waals surface area contributed by atoms with E-state index in [0.717, 1.165) is 12.8 Å². The predicted octanol–water partition coefficient (Wildman–Crippen LogP) is 2.78. The second-order valence-corrected chi connectivity index (χ2v) is 5.68. The zero-order chi connectivity index (χ0) is 14.6. The fourth-order valence-electron chi connectivity index (χ4n) is 1.23. The molecule has 4 N–H and O–H groups in total. The van der Waals surface area contributed by atoms with Crippen LogP contribution < -0.4 is 5.73 Å². The number of carboxylic acid groups (broad SMARTS) is 1. The first-order valence-electron chi connectivity index (χ1n) is 6.85. The third kappa shape index (κ3) is 15.4. The summed E-state index contributed by atoms with van der Waals surface area (Å²) >= 11 is 0. The maximum atomic E-state index is 10.0. The van der Waals surface area contributed by atoms with Gasteiger partial charge in [-0.05, 0) is 11.8 Å². The van der Waals surface area contributed by atoms with E-state index in [1.165, 1.54) is 19.3 Å². The lowest BCUT2D eigenvalue weighted by Crippen LogP contribution is -2.33. The van der Waals surface area contributed by atoms with Crippen molar-refractivity contribution in [1.82, 2.24) is 0 Å². The van der Waals surface area contributed by atoms with Gasteiger partial charge in [0.2, 0.25) is 0 Å². The lowest BCUT2D eigenvalue weighted by Gasteiger charge is -2.23. The van der Waals surface area contributed by atoms with E-state index in [-0.39, 0.29) is 11.5 Å². The maximum absolute atomic E-state index is 10.0. The molecule has 0 rings (SSSR count). The monoisotopic (exact) mass is 261 g/mol. The van der Waals surface area contributed by atoms with Crippen LogP contribution in [0.25, 0.3) is 0 Å². The molecule has 0 aliphatic rings. The smallest absolute Gasteiger partial charge is 0.303 e. The van der Waals surface area contributed by atoms with Crippen LogP contribution in [0.2, 0.25) is 0 Å². The number of aliphatic hydroxyl groups is 1. The minimum absolute atomic E-state index is 0.0608. The average molecular weight is 261 g/mol. The first-order chi connectivity index (χ1) is 8.25. The molecule has 0 aromatic rings.